The molecular formula is C23H32N4S. The molecule has 1 heterocycles. The number of piperazine rings is 1. The largest absolute Gasteiger partial charge is 0.358 e. The van der Waals surface area contributed by atoms with E-state index in [-0.39, 0.29) is 12.1 Å². The summed E-state index contributed by atoms with van der Waals surface area (Å²) in [7, 11) is 2.19. The van der Waals surface area contributed by atoms with Crippen LogP contribution in [-0.4, -0.2) is 54.2 Å². The molecule has 0 radical (unpaired) electrons. The maximum absolute atomic E-state index is 5.66. The minimum atomic E-state index is 0.191. The first-order valence-corrected chi connectivity index (χ1v) is 10.5. The van der Waals surface area contributed by atoms with E-state index in [2.05, 4.69) is 96.8 Å². The Kier molecular flexibility index (Phi) is 7.05. The van der Waals surface area contributed by atoms with Crippen molar-refractivity contribution in [3.05, 3.63) is 65.2 Å². The molecule has 0 bridgehead atoms. The van der Waals surface area contributed by atoms with Crippen LogP contribution in [0.25, 0.3) is 0 Å². The van der Waals surface area contributed by atoms with Crippen molar-refractivity contribution in [1.29, 1.82) is 0 Å². The minimum absolute atomic E-state index is 0.191. The van der Waals surface area contributed by atoms with Crippen LogP contribution < -0.4 is 10.6 Å². The van der Waals surface area contributed by atoms with E-state index >= 15 is 0 Å². The molecule has 3 rings (SSSR count). The normalized spacial score (nSPS) is 17.7. The number of benzene rings is 2. The summed E-state index contributed by atoms with van der Waals surface area (Å²) in [5, 5.41) is 7.62. The summed E-state index contributed by atoms with van der Waals surface area (Å²) in [5.41, 5.74) is 4.90. The summed E-state index contributed by atoms with van der Waals surface area (Å²) in [4.78, 5) is 4.97. The Balaban J connectivity index is 1.72. The van der Waals surface area contributed by atoms with Gasteiger partial charge in [0.1, 0.15) is 0 Å². The monoisotopic (exact) mass is 396 g/mol. The summed E-state index contributed by atoms with van der Waals surface area (Å²) < 4.78 is 0. The van der Waals surface area contributed by atoms with Crippen LogP contribution in [0.2, 0.25) is 0 Å². The molecular weight excluding hydrogens is 364 g/mol. The molecule has 2 aromatic rings. The molecule has 0 spiro atoms. The molecule has 1 aliphatic rings. The molecule has 1 aliphatic heterocycles. The van der Waals surface area contributed by atoms with E-state index in [0.717, 1.165) is 31.9 Å². The number of hydrogen-bond acceptors (Lipinski definition) is 3. The molecule has 1 fully saturated rings. The molecule has 0 amide bonds. The Labute approximate surface area is 174 Å². The molecule has 0 unspecified atom stereocenters. The maximum atomic E-state index is 5.66. The van der Waals surface area contributed by atoms with Gasteiger partial charge in [-0.15, -0.1) is 0 Å². The fourth-order valence-electron chi connectivity index (χ4n) is 3.90. The van der Waals surface area contributed by atoms with E-state index in [0.29, 0.717) is 5.11 Å². The maximum Gasteiger partial charge on any atom is 0.171 e. The van der Waals surface area contributed by atoms with Gasteiger partial charge in [0.25, 0.3) is 0 Å². The molecule has 1 saturated heterocycles. The van der Waals surface area contributed by atoms with Crippen molar-refractivity contribution >= 4 is 23.0 Å². The summed E-state index contributed by atoms with van der Waals surface area (Å²) in [6.07, 6.45) is 0. The first-order chi connectivity index (χ1) is 13.5. The third kappa shape index (κ3) is 5.10. The Morgan fingerprint density at radius 2 is 1.64 bits per heavy atom. The number of nitrogens with zero attached hydrogens (tertiary/aromatic N) is 2. The second-order valence-corrected chi connectivity index (χ2v) is 8.24. The van der Waals surface area contributed by atoms with E-state index in [1.165, 1.54) is 16.7 Å². The Hall–Kier alpha value is -1.95. The van der Waals surface area contributed by atoms with E-state index in [4.69, 9.17) is 12.2 Å². The number of aryl methyl sites for hydroxylation is 1. The number of hydrogen-bond donors (Lipinski definition) is 2. The number of thiocarbonyl (C=S) groups is 1. The second kappa shape index (κ2) is 9.50. The summed E-state index contributed by atoms with van der Waals surface area (Å²) in [6.45, 7) is 10.8. The van der Waals surface area contributed by atoms with Crippen LogP contribution in [0.5, 0.6) is 0 Å². The fraction of sp³-hybridized carbons (Fsp3) is 0.435. The molecule has 0 aliphatic carbocycles. The lowest BCUT2D eigenvalue weighted by Gasteiger charge is -2.41. The van der Waals surface area contributed by atoms with Crippen LogP contribution in [0.1, 0.15) is 29.7 Å². The zero-order chi connectivity index (χ0) is 20.1. The van der Waals surface area contributed by atoms with Crippen molar-refractivity contribution in [2.45, 2.75) is 32.9 Å². The van der Waals surface area contributed by atoms with Gasteiger partial charge in [-0.3, -0.25) is 4.90 Å². The molecule has 0 saturated carbocycles. The van der Waals surface area contributed by atoms with Crippen molar-refractivity contribution in [3.63, 3.8) is 0 Å². The highest BCUT2D eigenvalue weighted by Gasteiger charge is 2.28. The molecule has 28 heavy (non-hydrogen) atoms. The number of nitrogens with one attached hydrogen (secondary N) is 2. The Bertz CT molecular complexity index is 784. The highest BCUT2D eigenvalue weighted by atomic mass is 32.1. The van der Waals surface area contributed by atoms with Crippen LogP contribution in [0, 0.1) is 13.8 Å². The average Bonchev–Trinajstić information content (AvgIpc) is 2.68. The number of likely N-dealkylation sites (N-methyl/N-ethyl adjacent to an activating group) is 1. The van der Waals surface area contributed by atoms with E-state index in [9.17, 15) is 0 Å². The van der Waals surface area contributed by atoms with Crippen molar-refractivity contribution < 1.29 is 0 Å². The molecule has 2 atom stereocenters. The predicted octanol–water partition coefficient (Wildman–Crippen LogP) is 3.97. The van der Waals surface area contributed by atoms with Gasteiger partial charge in [0, 0.05) is 37.9 Å². The van der Waals surface area contributed by atoms with Gasteiger partial charge in [0.05, 0.1) is 6.04 Å². The molecule has 2 N–H and O–H groups in total. The summed E-state index contributed by atoms with van der Waals surface area (Å²) >= 11 is 5.66. The van der Waals surface area contributed by atoms with Crippen LogP contribution in [-0.2, 0) is 0 Å². The van der Waals surface area contributed by atoms with Crippen LogP contribution in [0.4, 0.5) is 5.69 Å². The Morgan fingerprint density at radius 1 is 0.964 bits per heavy atom. The molecule has 150 valence electrons. The van der Waals surface area contributed by atoms with Crippen molar-refractivity contribution in [2.75, 3.05) is 38.5 Å². The minimum Gasteiger partial charge on any atom is -0.358 e. The molecule has 4 nitrogen and oxygen atoms in total. The zero-order valence-electron chi connectivity index (χ0n) is 17.4. The van der Waals surface area contributed by atoms with Crippen LogP contribution in [0.15, 0.2) is 48.5 Å². The third-order valence-corrected chi connectivity index (χ3v) is 5.98. The first-order valence-electron chi connectivity index (χ1n) is 10.1. The lowest BCUT2D eigenvalue weighted by atomic mass is 9.98. The van der Waals surface area contributed by atoms with Crippen molar-refractivity contribution in [3.8, 4) is 0 Å². The zero-order valence-corrected chi connectivity index (χ0v) is 18.2. The Morgan fingerprint density at radius 3 is 2.32 bits per heavy atom. The fourth-order valence-corrected chi connectivity index (χ4v) is 4.19. The van der Waals surface area contributed by atoms with Gasteiger partial charge < -0.3 is 15.5 Å². The second-order valence-electron chi connectivity index (χ2n) is 7.83. The lowest BCUT2D eigenvalue weighted by molar-refractivity contribution is 0.0973. The van der Waals surface area contributed by atoms with Gasteiger partial charge in [-0.2, -0.15) is 0 Å². The topological polar surface area (TPSA) is 30.5 Å². The molecule has 0 aromatic heterocycles. The molecule has 5 heteroatoms. The SMILES string of the molecule is Cc1cccc(NC(=S)N[C@@H](C)[C@H](c2ccccc2)N2CCN(C)CC2)c1C. The van der Waals surface area contributed by atoms with Gasteiger partial charge >= 0.3 is 0 Å². The van der Waals surface area contributed by atoms with Gasteiger partial charge in [0.15, 0.2) is 5.11 Å². The highest BCUT2D eigenvalue weighted by Crippen LogP contribution is 2.26. The van der Waals surface area contributed by atoms with Crippen molar-refractivity contribution in [2.24, 2.45) is 0 Å². The van der Waals surface area contributed by atoms with Crippen LogP contribution >= 0.6 is 12.2 Å². The van der Waals surface area contributed by atoms with E-state index in [1.807, 2.05) is 0 Å². The van der Waals surface area contributed by atoms with Gasteiger partial charge in [-0.1, -0.05) is 42.5 Å². The van der Waals surface area contributed by atoms with Gasteiger partial charge in [-0.05, 0) is 62.8 Å². The molecule has 2 aromatic carbocycles. The predicted molar refractivity (Wildman–Crippen MR) is 123 cm³/mol. The first kappa shape index (κ1) is 20.8. The summed E-state index contributed by atoms with van der Waals surface area (Å²) in [5.74, 6) is 0. The van der Waals surface area contributed by atoms with Gasteiger partial charge in [-0.25, -0.2) is 0 Å². The highest BCUT2D eigenvalue weighted by molar-refractivity contribution is 7.80. The van der Waals surface area contributed by atoms with Gasteiger partial charge in [0.2, 0.25) is 0 Å². The average molecular weight is 397 g/mol. The standard InChI is InChI=1S/C23H32N4S/c1-17-9-8-12-21(18(17)2)25-23(28)24-19(3)22(20-10-6-5-7-11-20)27-15-13-26(4)14-16-27/h5-12,19,22H,13-16H2,1-4H3,(H2,24,25,28)/t19-,22+/m0/s1. The van der Waals surface area contributed by atoms with E-state index < -0.39 is 0 Å². The lowest BCUT2D eigenvalue weighted by Crippen LogP contribution is -2.52. The number of anilines is 1. The van der Waals surface area contributed by atoms with E-state index in [1.54, 1.807) is 0 Å². The quantitative estimate of drug-likeness (QED) is 0.747. The number of rotatable bonds is 5. The third-order valence-electron chi connectivity index (χ3n) is 5.76. The van der Waals surface area contributed by atoms with Crippen LogP contribution in [0.3, 0.4) is 0 Å². The smallest absolute Gasteiger partial charge is 0.171 e. The summed E-state index contributed by atoms with van der Waals surface area (Å²) in [6, 6.07) is 17.5. The van der Waals surface area contributed by atoms with Crippen molar-refractivity contribution in [1.82, 2.24) is 15.1 Å².